The average Bonchev–Trinajstić information content (AvgIpc) is 2.29. The van der Waals surface area contributed by atoms with Gasteiger partial charge < -0.3 is 5.73 Å². The van der Waals surface area contributed by atoms with E-state index >= 15 is 0 Å². The molecule has 0 unspecified atom stereocenters. The van der Waals surface area contributed by atoms with Gasteiger partial charge in [0.05, 0.1) is 0 Å². The normalized spacial score (nSPS) is 12.1. The van der Waals surface area contributed by atoms with E-state index < -0.39 is 3.79 Å². The molecular formula is C5H7Cl3N4. The Balaban J connectivity index is 3.19. The Kier molecular flexibility index (Phi) is 2.83. The fraction of sp³-hybridized carbons (Fsp3) is 0.600. The Morgan fingerprint density at radius 3 is 2.42 bits per heavy atom. The van der Waals surface area contributed by atoms with Gasteiger partial charge in [-0.15, -0.1) is 5.10 Å². The molecule has 1 aromatic heterocycles. The first-order valence-corrected chi connectivity index (χ1v) is 4.26. The monoisotopic (exact) mass is 228 g/mol. The number of halogens is 3. The minimum atomic E-state index is -1.52. The highest BCUT2D eigenvalue weighted by molar-refractivity contribution is 6.66. The van der Waals surface area contributed by atoms with E-state index in [0.717, 1.165) is 0 Å². The summed E-state index contributed by atoms with van der Waals surface area (Å²) in [6, 6.07) is 0. The molecule has 68 valence electrons. The second-order valence-electron chi connectivity index (χ2n) is 2.21. The molecule has 12 heavy (non-hydrogen) atoms. The van der Waals surface area contributed by atoms with Crippen LogP contribution in [-0.4, -0.2) is 15.0 Å². The van der Waals surface area contributed by atoms with E-state index in [2.05, 4.69) is 10.3 Å². The fourth-order valence-corrected chi connectivity index (χ4v) is 1.58. The van der Waals surface area contributed by atoms with E-state index in [1.54, 1.807) is 7.05 Å². The van der Waals surface area contributed by atoms with Gasteiger partial charge in [0.2, 0.25) is 3.79 Å². The number of nitrogens with two attached hydrogens (primary N) is 1. The zero-order valence-electron chi connectivity index (χ0n) is 6.26. The van der Waals surface area contributed by atoms with Crippen LogP contribution in [0.4, 0.5) is 0 Å². The smallest absolute Gasteiger partial charge is 0.234 e. The van der Waals surface area contributed by atoms with Crippen LogP contribution in [0.1, 0.15) is 11.4 Å². The predicted octanol–water partition coefficient (Wildman–Crippen LogP) is 1.10. The van der Waals surface area contributed by atoms with E-state index in [4.69, 9.17) is 40.5 Å². The molecule has 0 saturated carbocycles. The molecule has 0 amide bonds. The van der Waals surface area contributed by atoms with Gasteiger partial charge in [0.25, 0.3) is 0 Å². The average molecular weight is 229 g/mol. The van der Waals surface area contributed by atoms with Crippen molar-refractivity contribution in [1.82, 2.24) is 15.0 Å². The largest absolute Gasteiger partial charge is 0.325 e. The van der Waals surface area contributed by atoms with Gasteiger partial charge in [-0.2, -0.15) is 0 Å². The third-order valence-corrected chi connectivity index (χ3v) is 1.90. The van der Waals surface area contributed by atoms with Crippen molar-refractivity contribution < 1.29 is 0 Å². The summed E-state index contributed by atoms with van der Waals surface area (Å²) < 4.78 is -0.123. The van der Waals surface area contributed by atoms with Crippen molar-refractivity contribution in [2.24, 2.45) is 12.8 Å². The van der Waals surface area contributed by atoms with Crippen LogP contribution >= 0.6 is 34.8 Å². The molecule has 0 atom stereocenters. The lowest BCUT2D eigenvalue weighted by atomic mass is 10.3. The molecule has 2 N–H and O–H groups in total. The number of hydrogen-bond acceptors (Lipinski definition) is 3. The van der Waals surface area contributed by atoms with Crippen LogP contribution in [-0.2, 0) is 17.4 Å². The van der Waals surface area contributed by atoms with Gasteiger partial charge in [-0.05, 0) is 0 Å². The molecule has 0 aliphatic heterocycles. The molecule has 0 aliphatic carbocycles. The van der Waals surface area contributed by atoms with E-state index in [0.29, 0.717) is 11.4 Å². The molecule has 7 heteroatoms. The third-order valence-electron chi connectivity index (χ3n) is 1.36. The standard InChI is InChI=1S/C5H7Cl3N4/c1-12-4(5(6,7)8)3(2-9)10-11-12/h2,9H2,1H3. The minimum absolute atomic E-state index is 0.205. The van der Waals surface area contributed by atoms with Crippen LogP contribution in [0.5, 0.6) is 0 Å². The van der Waals surface area contributed by atoms with E-state index in [-0.39, 0.29) is 6.54 Å². The summed E-state index contributed by atoms with van der Waals surface area (Å²) in [6.45, 7) is 0.205. The molecule has 1 aromatic rings. The van der Waals surface area contributed by atoms with Gasteiger partial charge in [-0.3, -0.25) is 0 Å². The first kappa shape index (κ1) is 10.1. The number of aromatic nitrogens is 3. The second kappa shape index (κ2) is 3.38. The van der Waals surface area contributed by atoms with E-state index in [9.17, 15) is 0 Å². The predicted molar refractivity (Wildman–Crippen MR) is 48.1 cm³/mol. The maximum atomic E-state index is 5.66. The number of aryl methyl sites for hydroxylation is 1. The van der Waals surface area contributed by atoms with Crippen LogP contribution in [0.3, 0.4) is 0 Å². The molecule has 0 fully saturated rings. The Hall–Kier alpha value is -0.0300. The molecule has 4 nitrogen and oxygen atoms in total. The quantitative estimate of drug-likeness (QED) is 0.734. The SMILES string of the molecule is Cn1nnc(CN)c1C(Cl)(Cl)Cl. The maximum Gasteiger partial charge on any atom is 0.234 e. The topological polar surface area (TPSA) is 56.7 Å². The van der Waals surface area contributed by atoms with Crippen molar-refractivity contribution in [3.05, 3.63) is 11.4 Å². The Bertz CT molecular complexity index is 277. The summed E-state index contributed by atoms with van der Waals surface area (Å²) in [5.74, 6) is 0. The molecule has 0 aliphatic rings. The number of nitrogens with zero attached hydrogens (tertiary/aromatic N) is 3. The Labute approximate surface area is 84.6 Å². The van der Waals surface area contributed by atoms with Crippen molar-refractivity contribution in [1.29, 1.82) is 0 Å². The summed E-state index contributed by atoms with van der Waals surface area (Å²) in [5.41, 5.74) is 6.28. The number of hydrogen-bond donors (Lipinski definition) is 1. The first-order chi connectivity index (χ1) is 5.46. The summed E-state index contributed by atoms with van der Waals surface area (Å²) in [6.07, 6.45) is 0. The van der Waals surface area contributed by atoms with Crippen molar-refractivity contribution in [3.8, 4) is 0 Å². The minimum Gasteiger partial charge on any atom is -0.325 e. The highest BCUT2D eigenvalue weighted by Gasteiger charge is 2.30. The molecule has 0 bridgehead atoms. The van der Waals surface area contributed by atoms with Crippen LogP contribution in [0.15, 0.2) is 0 Å². The van der Waals surface area contributed by atoms with Gasteiger partial charge in [0.15, 0.2) is 0 Å². The van der Waals surface area contributed by atoms with Crippen LogP contribution in [0.25, 0.3) is 0 Å². The van der Waals surface area contributed by atoms with Crippen molar-refractivity contribution >= 4 is 34.8 Å². The summed E-state index contributed by atoms with van der Waals surface area (Å²) >= 11 is 17.0. The van der Waals surface area contributed by atoms with E-state index in [1.807, 2.05) is 0 Å². The van der Waals surface area contributed by atoms with Crippen molar-refractivity contribution in [2.45, 2.75) is 10.3 Å². The molecule has 1 rings (SSSR count). The van der Waals surface area contributed by atoms with Gasteiger partial charge in [-0.1, -0.05) is 40.0 Å². The first-order valence-electron chi connectivity index (χ1n) is 3.12. The second-order valence-corrected chi connectivity index (χ2v) is 4.49. The van der Waals surface area contributed by atoms with E-state index in [1.165, 1.54) is 4.68 Å². The molecule has 0 radical (unpaired) electrons. The third kappa shape index (κ3) is 1.82. The zero-order valence-corrected chi connectivity index (χ0v) is 8.53. The zero-order chi connectivity index (χ0) is 9.35. The molecular weight excluding hydrogens is 222 g/mol. The Morgan fingerprint density at radius 2 is 2.08 bits per heavy atom. The highest BCUT2D eigenvalue weighted by atomic mass is 35.6. The van der Waals surface area contributed by atoms with Crippen molar-refractivity contribution in [2.75, 3.05) is 0 Å². The Morgan fingerprint density at radius 1 is 1.50 bits per heavy atom. The lowest BCUT2D eigenvalue weighted by Gasteiger charge is -2.11. The van der Waals surface area contributed by atoms with Crippen LogP contribution in [0.2, 0.25) is 0 Å². The summed E-state index contributed by atoms with van der Waals surface area (Å²) in [4.78, 5) is 0. The van der Waals surface area contributed by atoms with Gasteiger partial charge >= 0.3 is 0 Å². The maximum absolute atomic E-state index is 5.66. The fourth-order valence-electron chi connectivity index (χ4n) is 0.884. The summed E-state index contributed by atoms with van der Waals surface area (Å²) in [5, 5.41) is 7.42. The lowest BCUT2D eigenvalue weighted by molar-refractivity contribution is 0.684. The molecule has 0 spiro atoms. The van der Waals surface area contributed by atoms with Gasteiger partial charge in [0.1, 0.15) is 11.4 Å². The van der Waals surface area contributed by atoms with Gasteiger partial charge in [-0.25, -0.2) is 4.68 Å². The molecule has 1 heterocycles. The molecule has 0 aromatic carbocycles. The number of alkyl halides is 3. The molecule has 0 saturated heterocycles. The highest BCUT2D eigenvalue weighted by Crippen LogP contribution is 2.38. The number of rotatable bonds is 1. The van der Waals surface area contributed by atoms with Crippen LogP contribution < -0.4 is 5.73 Å². The van der Waals surface area contributed by atoms with Gasteiger partial charge in [0, 0.05) is 13.6 Å². The van der Waals surface area contributed by atoms with Crippen LogP contribution in [0, 0.1) is 0 Å². The summed E-state index contributed by atoms with van der Waals surface area (Å²) in [7, 11) is 1.64. The lowest BCUT2D eigenvalue weighted by Crippen LogP contribution is -2.12. The van der Waals surface area contributed by atoms with Crippen molar-refractivity contribution in [3.63, 3.8) is 0 Å².